The summed E-state index contributed by atoms with van der Waals surface area (Å²) < 4.78 is 13.9. The molecular formula is C20H22FN3O2. The number of nitrogens with zero attached hydrogens (tertiary/aromatic N) is 3. The number of rotatable bonds is 4. The number of amides is 2. The maximum atomic E-state index is 13.9. The summed E-state index contributed by atoms with van der Waals surface area (Å²) in [7, 11) is 0. The van der Waals surface area contributed by atoms with Crippen LogP contribution in [-0.4, -0.2) is 45.7 Å². The van der Waals surface area contributed by atoms with E-state index in [0.29, 0.717) is 19.6 Å². The van der Waals surface area contributed by atoms with Crippen molar-refractivity contribution >= 4 is 11.8 Å². The molecule has 0 spiro atoms. The van der Waals surface area contributed by atoms with E-state index in [1.807, 2.05) is 42.2 Å². The number of carbonyl (C=O) groups is 2. The van der Waals surface area contributed by atoms with Crippen molar-refractivity contribution in [3.05, 3.63) is 65.7 Å². The molecule has 1 aliphatic heterocycles. The van der Waals surface area contributed by atoms with Crippen LogP contribution in [0.2, 0.25) is 0 Å². The highest BCUT2D eigenvalue weighted by Gasteiger charge is 2.31. The first-order chi connectivity index (χ1) is 12.6. The maximum absolute atomic E-state index is 13.9. The van der Waals surface area contributed by atoms with Gasteiger partial charge in [0.2, 0.25) is 5.91 Å². The summed E-state index contributed by atoms with van der Waals surface area (Å²) >= 11 is 0. The van der Waals surface area contributed by atoms with Gasteiger partial charge in [-0.15, -0.1) is 0 Å². The van der Waals surface area contributed by atoms with Crippen LogP contribution < -0.4 is 0 Å². The SMILES string of the molecule is CC[C@@H]1CN(C(=O)c2ccncc2F)CCC(=O)N1Cc1ccccc1. The monoisotopic (exact) mass is 355 g/mol. The summed E-state index contributed by atoms with van der Waals surface area (Å²) in [6.07, 6.45) is 3.40. The van der Waals surface area contributed by atoms with Gasteiger partial charge in [0.15, 0.2) is 5.82 Å². The molecule has 2 heterocycles. The number of benzene rings is 1. The second-order valence-corrected chi connectivity index (χ2v) is 6.43. The Balaban J connectivity index is 1.80. The highest BCUT2D eigenvalue weighted by molar-refractivity contribution is 5.95. The van der Waals surface area contributed by atoms with Gasteiger partial charge in [-0.1, -0.05) is 37.3 Å². The molecule has 136 valence electrons. The summed E-state index contributed by atoms with van der Waals surface area (Å²) in [5.41, 5.74) is 1.05. The summed E-state index contributed by atoms with van der Waals surface area (Å²) in [5, 5.41) is 0. The van der Waals surface area contributed by atoms with Gasteiger partial charge in [-0.05, 0) is 18.1 Å². The second-order valence-electron chi connectivity index (χ2n) is 6.43. The minimum atomic E-state index is -0.637. The summed E-state index contributed by atoms with van der Waals surface area (Å²) in [6, 6.07) is 11.1. The molecule has 2 amide bonds. The molecular weight excluding hydrogens is 333 g/mol. The fraction of sp³-hybridized carbons (Fsp3) is 0.350. The minimum Gasteiger partial charge on any atom is -0.336 e. The zero-order valence-electron chi connectivity index (χ0n) is 14.8. The predicted octanol–water partition coefficient (Wildman–Crippen LogP) is 2.87. The van der Waals surface area contributed by atoms with Crippen molar-refractivity contribution in [3.63, 3.8) is 0 Å². The van der Waals surface area contributed by atoms with Gasteiger partial charge in [-0.3, -0.25) is 14.6 Å². The van der Waals surface area contributed by atoms with Crippen LogP contribution in [-0.2, 0) is 11.3 Å². The lowest BCUT2D eigenvalue weighted by atomic mass is 10.1. The lowest BCUT2D eigenvalue weighted by Crippen LogP contribution is -2.43. The van der Waals surface area contributed by atoms with Gasteiger partial charge in [0.25, 0.3) is 5.91 Å². The van der Waals surface area contributed by atoms with Crippen LogP contribution in [0.25, 0.3) is 0 Å². The smallest absolute Gasteiger partial charge is 0.257 e. The molecule has 1 atom stereocenters. The third-order valence-electron chi connectivity index (χ3n) is 4.74. The molecule has 1 fully saturated rings. The Morgan fingerprint density at radius 2 is 2.04 bits per heavy atom. The summed E-state index contributed by atoms with van der Waals surface area (Å²) in [5.74, 6) is -1.01. The Bertz CT molecular complexity index is 782. The van der Waals surface area contributed by atoms with E-state index in [1.54, 1.807) is 4.90 Å². The number of carbonyl (C=O) groups excluding carboxylic acids is 2. The van der Waals surface area contributed by atoms with Crippen LogP contribution >= 0.6 is 0 Å². The molecule has 26 heavy (non-hydrogen) atoms. The minimum absolute atomic E-state index is 0.00110. The topological polar surface area (TPSA) is 53.5 Å². The van der Waals surface area contributed by atoms with Crippen LogP contribution in [0.5, 0.6) is 0 Å². The highest BCUT2D eigenvalue weighted by atomic mass is 19.1. The van der Waals surface area contributed by atoms with E-state index >= 15 is 0 Å². The highest BCUT2D eigenvalue weighted by Crippen LogP contribution is 2.20. The third-order valence-corrected chi connectivity index (χ3v) is 4.74. The Labute approximate surface area is 152 Å². The molecule has 1 saturated heterocycles. The molecule has 2 aromatic rings. The predicted molar refractivity (Wildman–Crippen MR) is 95.8 cm³/mol. The Morgan fingerprint density at radius 1 is 1.27 bits per heavy atom. The molecule has 0 saturated carbocycles. The number of hydrogen-bond donors (Lipinski definition) is 0. The Kier molecular flexibility index (Phi) is 5.61. The van der Waals surface area contributed by atoms with Gasteiger partial charge >= 0.3 is 0 Å². The van der Waals surface area contributed by atoms with E-state index in [2.05, 4.69) is 4.98 Å². The van der Waals surface area contributed by atoms with Crippen molar-refractivity contribution in [1.29, 1.82) is 0 Å². The number of pyridine rings is 1. The number of aromatic nitrogens is 1. The Hall–Kier alpha value is -2.76. The van der Waals surface area contributed by atoms with Crippen LogP contribution in [0.1, 0.15) is 35.7 Å². The molecule has 0 radical (unpaired) electrons. The first kappa shape index (κ1) is 18.0. The van der Waals surface area contributed by atoms with Gasteiger partial charge in [-0.25, -0.2) is 4.39 Å². The molecule has 6 heteroatoms. The van der Waals surface area contributed by atoms with Crippen molar-refractivity contribution in [1.82, 2.24) is 14.8 Å². The molecule has 0 unspecified atom stereocenters. The van der Waals surface area contributed by atoms with Gasteiger partial charge in [-0.2, -0.15) is 0 Å². The quantitative estimate of drug-likeness (QED) is 0.847. The molecule has 0 bridgehead atoms. The third kappa shape index (κ3) is 3.90. The van der Waals surface area contributed by atoms with Crippen molar-refractivity contribution in [2.75, 3.05) is 13.1 Å². The van der Waals surface area contributed by atoms with Crippen molar-refractivity contribution in [2.24, 2.45) is 0 Å². The van der Waals surface area contributed by atoms with E-state index in [-0.39, 0.29) is 23.9 Å². The molecule has 0 aliphatic carbocycles. The van der Waals surface area contributed by atoms with Crippen LogP contribution in [0.4, 0.5) is 4.39 Å². The fourth-order valence-corrected chi connectivity index (χ4v) is 3.27. The average molecular weight is 355 g/mol. The maximum Gasteiger partial charge on any atom is 0.257 e. The molecule has 5 nitrogen and oxygen atoms in total. The lowest BCUT2D eigenvalue weighted by molar-refractivity contribution is -0.133. The van der Waals surface area contributed by atoms with E-state index in [1.165, 1.54) is 12.3 Å². The second kappa shape index (κ2) is 8.08. The first-order valence-corrected chi connectivity index (χ1v) is 8.82. The van der Waals surface area contributed by atoms with Gasteiger partial charge < -0.3 is 9.80 Å². The van der Waals surface area contributed by atoms with Gasteiger partial charge in [0.05, 0.1) is 11.8 Å². The van der Waals surface area contributed by atoms with E-state index in [9.17, 15) is 14.0 Å². The Morgan fingerprint density at radius 3 is 2.73 bits per heavy atom. The van der Waals surface area contributed by atoms with Crippen molar-refractivity contribution in [3.8, 4) is 0 Å². The zero-order valence-corrected chi connectivity index (χ0v) is 14.8. The molecule has 1 aromatic heterocycles. The fourth-order valence-electron chi connectivity index (χ4n) is 3.27. The van der Waals surface area contributed by atoms with Gasteiger partial charge in [0.1, 0.15) is 0 Å². The molecule has 1 aliphatic rings. The molecule has 1 aromatic carbocycles. The summed E-state index contributed by atoms with van der Waals surface area (Å²) in [4.78, 5) is 32.5. The number of hydrogen-bond acceptors (Lipinski definition) is 3. The van der Waals surface area contributed by atoms with Gasteiger partial charge in [0, 0.05) is 38.3 Å². The zero-order chi connectivity index (χ0) is 18.5. The average Bonchev–Trinajstić information content (AvgIpc) is 2.82. The van der Waals surface area contributed by atoms with E-state index in [4.69, 9.17) is 0 Å². The van der Waals surface area contributed by atoms with Crippen molar-refractivity contribution in [2.45, 2.75) is 32.4 Å². The lowest BCUT2D eigenvalue weighted by Gasteiger charge is -2.31. The van der Waals surface area contributed by atoms with E-state index in [0.717, 1.165) is 18.2 Å². The van der Waals surface area contributed by atoms with Crippen LogP contribution in [0.15, 0.2) is 48.8 Å². The van der Waals surface area contributed by atoms with E-state index < -0.39 is 11.7 Å². The van der Waals surface area contributed by atoms with Crippen molar-refractivity contribution < 1.29 is 14.0 Å². The number of halogens is 1. The molecule has 3 rings (SSSR count). The molecule has 0 N–H and O–H groups in total. The summed E-state index contributed by atoms with van der Waals surface area (Å²) in [6.45, 7) is 3.21. The largest absolute Gasteiger partial charge is 0.336 e. The first-order valence-electron chi connectivity index (χ1n) is 8.82. The van der Waals surface area contributed by atoms with Crippen LogP contribution in [0.3, 0.4) is 0 Å². The normalized spacial score (nSPS) is 17.9. The standard InChI is InChI=1S/C20H22FN3O2/c1-2-16-14-23(20(26)17-8-10-22-12-18(17)21)11-9-19(25)24(16)13-15-6-4-3-5-7-15/h3-8,10,12,16H,2,9,11,13-14H2,1H3/t16-/m1/s1. The van der Waals surface area contributed by atoms with Crippen LogP contribution in [0, 0.1) is 5.82 Å².